The van der Waals surface area contributed by atoms with E-state index in [0.717, 1.165) is 19.0 Å². The van der Waals surface area contributed by atoms with Crippen molar-refractivity contribution < 1.29 is 0 Å². The van der Waals surface area contributed by atoms with Crippen LogP contribution in [-0.2, 0) is 6.54 Å². The van der Waals surface area contributed by atoms with E-state index < -0.39 is 0 Å². The van der Waals surface area contributed by atoms with Gasteiger partial charge in [-0.05, 0) is 55.4 Å². The number of aryl methyl sites for hydroxylation is 1. The molecule has 0 radical (unpaired) electrons. The second-order valence-corrected chi connectivity index (χ2v) is 7.78. The molecule has 0 aliphatic rings. The second-order valence-electron chi connectivity index (χ2n) is 5.59. The number of nitrogens with zero attached hydrogens (tertiary/aromatic N) is 1. The molecule has 1 aromatic heterocycles. The second kappa shape index (κ2) is 7.63. The SMILES string of the molecule is Cc1sc(CNC(CC(C)C)CN(C)C)cc1Br. The minimum Gasteiger partial charge on any atom is -0.308 e. The third-order valence-electron chi connectivity index (χ3n) is 2.81. The van der Waals surface area contributed by atoms with Crippen LogP contribution in [0.3, 0.4) is 0 Å². The van der Waals surface area contributed by atoms with Crippen LogP contribution >= 0.6 is 27.3 Å². The summed E-state index contributed by atoms with van der Waals surface area (Å²) < 4.78 is 1.23. The Balaban J connectivity index is 2.50. The Bertz CT molecular complexity index is 331. The highest BCUT2D eigenvalue weighted by atomic mass is 79.9. The van der Waals surface area contributed by atoms with Crippen LogP contribution in [0.1, 0.15) is 30.0 Å². The summed E-state index contributed by atoms with van der Waals surface area (Å²) in [5.41, 5.74) is 0. The van der Waals surface area contributed by atoms with E-state index in [1.807, 2.05) is 11.3 Å². The van der Waals surface area contributed by atoms with Crippen molar-refractivity contribution in [1.29, 1.82) is 0 Å². The van der Waals surface area contributed by atoms with Gasteiger partial charge < -0.3 is 10.2 Å². The van der Waals surface area contributed by atoms with Crippen LogP contribution in [0.25, 0.3) is 0 Å². The molecule has 0 saturated carbocycles. The molecule has 1 heterocycles. The van der Waals surface area contributed by atoms with Crippen molar-refractivity contribution >= 4 is 27.3 Å². The van der Waals surface area contributed by atoms with E-state index in [4.69, 9.17) is 0 Å². The first-order chi connectivity index (χ1) is 8.38. The molecule has 1 atom stereocenters. The highest BCUT2D eigenvalue weighted by Gasteiger charge is 2.12. The number of nitrogens with one attached hydrogen (secondary N) is 1. The summed E-state index contributed by atoms with van der Waals surface area (Å²) in [6, 6.07) is 2.80. The van der Waals surface area contributed by atoms with Gasteiger partial charge in [0.15, 0.2) is 0 Å². The van der Waals surface area contributed by atoms with Crippen molar-refractivity contribution in [3.63, 3.8) is 0 Å². The smallest absolute Gasteiger partial charge is 0.0314 e. The molecule has 2 nitrogen and oxygen atoms in total. The molecule has 0 spiro atoms. The third-order valence-corrected chi connectivity index (χ3v) is 4.95. The van der Waals surface area contributed by atoms with Crippen molar-refractivity contribution in [2.45, 2.75) is 39.8 Å². The van der Waals surface area contributed by atoms with Gasteiger partial charge in [-0.1, -0.05) is 13.8 Å². The largest absolute Gasteiger partial charge is 0.308 e. The Morgan fingerprint density at radius 2 is 2.06 bits per heavy atom. The maximum absolute atomic E-state index is 3.69. The van der Waals surface area contributed by atoms with Crippen LogP contribution < -0.4 is 5.32 Å². The molecule has 1 aromatic rings. The van der Waals surface area contributed by atoms with E-state index in [2.05, 4.69) is 67.1 Å². The fourth-order valence-corrected chi connectivity index (χ4v) is 3.63. The Morgan fingerprint density at radius 3 is 2.50 bits per heavy atom. The highest BCUT2D eigenvalue weighted by Crippen LogP contribution is 2.26. The standard InChI is InChI=1S/C14H25BrN2S/c1-10(2)6-12(9-17(4)5)16-8-13-7-14(15)11(3)18-13/h7,10,12,16H,6,8-9H2,1-5H3. The van der Waals surface area contributed by atoms with Gasteiger partial charge in [-0.2, -0.15) is 0 Å². The molecule has 0 fully saturated rings. The lowest BCUT2D eigenvalue weighted by molar-refractivity contribution is 0.305. The van der Waals surface area contributed by atoms with Gasteiger partial charge in [-0.3, -0.25) is 0 Å². The van der Waals surface area contributed by atoms with Crippen LogP contribution in [0, 0.1) is 12.8 Å². The van der Waals surface area contributed by atoms with Crippen LogP contribution in [-0.4, -0.2) is 31.6 Å². The first-order valence-electron chi connectivity index (χ1n) is 6.51. The van der Waals surface area contributed by atoms with Crippen molar-refractivity contribution in [2.24, 2.45) is 5.92 Å². The summed E-state index contributed by atoms with van der Waals surface area (Å²) >= 11 is 5.45. The Labute approximate surface area is 124 Å². The molecule has 1 N–H and O–H groups in total. The molecule has 1 unspecified atom stereocenters. The van der Waals surface area contributed by atoms with E-state index in [9.17, 15) is 0 Å². The predicted octanol–water partition coefficient (Wildman–Crippen LogP) is 3.88. The predicted molar refractivity (Wildman–Crippen MR) is 85.4 cm³/mol. The Kier molecular flexibility index (Phi) is 6.85. The lowest BCUT2D eigenvalue weighted by Gasteiger charge is -2.23. The highest BCUT2D eigenvalue weighted by molar-refractivity contribution is 9.10. The number of hydrogen-bond donors (Lipinski definition) is 1. The topological polar surface area (TPSA) is 15.3 Å². The zero-order valence-electron chi connectivity index (χ0n) is 12.1. The van der Waals surface area contributed by atoms with E-state index >= 15 is 0 Å². The summed E-state index contributed by atoms with van der Waals surface area (Å²) in [6.07, 6.45) is 1.23. The number of halogens is 1. The normalized spacial score (nSPS) is 13.6. The van der Waals surface area contributed by atoms with Gasteiger partial charge in [-0.15, -0.1) is 11.3 Å². The Hall–Kier alpha value is 0.100. The summed E-state index contributed by atoms with van der Waals surface area (Å²) in [4.78, 5) is 5.03. The van der Waals surface area contributed by atoms with E-state index in [-0.39, 0.29) is 0 Å². The fourth-order valence-electron chi connectivity index (χ4n) is 2.08. The number of rotatable bonds is 7. The van der Waals surface area contributed by atoms with Gasteiger partial charge in [0, 0.05) is 33.4 Å². The summed E-state index contributed by atoms with van der Waals surface area (Å²) in [5.74, 6) is 0.735. The third kappa shape index (κ3) is 5.83. The average Bonchev–Trinajstić information content (AvgIpc) is 2.53. The molecule has 0 bridgehead atoms. The summed E-state index contributed by atoms with van der Waals surface area (Å²) in [7, 11) is 4.28. The molecule has 0 amide bonds. The maximum atomic E-state index is 3.69. The van der Waals surface area contributed by atoms with Gasteiger partial charge in [0.2, 0.25) is 0 Å². The van der Waals surface area contributed by atoms with Crippen molar-refractivity contribution in [2.75, 3.05) is 20.6 Å². The minimum atomic E-state index is 0.571. The van der Waals surface area contributed by atoms with E-state index in [1.165, 1.54) is 20.6 Å². The molecular weight excluding hydrogens is 308 g/mol. The fraction of sp³-hybridized carbons (Fsp3) is 0.714. The maximum Gasteiger partial charge on any atom is 0.0314 e. The van der Waals surface area contributed by atoms with E-state index in [1.54, 1.807) is 0 Å². The first-order valence-corrected chi connectivity index (χ1v) is 8.12. The minimum absolute atomic E-state index is 0.571. The van der Waals surface area contributed by atoms with Gasteiger partial charge in [0.1, 0.15) is 0 Å². The van der Waals surface area contributed by atoms with Gasteiger partial charge >= 0.3 is 0 Å². The lowest BCUT2D eigenvalue weighted by atomic mass is 10.0. The number of likely N-dealkylation sites (N-methyl/N-ethyl adjacent to an activating group) is 1. The van der Waals surface area contributed by atoms with Gasteiger partial charge in [-0.25, -0.2) is 0 Å². The van der Waals surface area contributed by atoms with Crippen molar-refractivity contribution in [3.8, 4) is 0 Å². The summed E-state index contributed by atoms with van der Waals surface area (Å²) in [6.45, 7) is 8.81. The average molecular weight is 333 g/mol. The molecule has 104 valence electrons. The van der Waals surface area contributed by atoms with Crippen LogP contribution in [0.15, 0.2) is 10.5 Å². The zero-order chi connectivity index (χ0) is 13.7. The van der Waals surface area contributed by atoms with Crippen LogP contribution in [0.2, 0.25) is 0 Å². The quantitative estimate of drug-likeness (QED) is 0.814. The van der Waals surface area contributed by atoms with Crippen LogP contribution in [0.5, 0.6) is 0 Å². The molecule has 18 heavy (non-hydrogen) atoms. The van der Waals surface area contributed by atoms with Crippen LogP contribution in [0.4, 0.5) is 0 Å². The molecule has 4 heteroatoms. The van der Waals surface area contributed by atoms with Crippen molar-refractivity contribution in [3.05, 3.63) is 20.3 Å². The molecule has 0 aliphatic heterocycles. The molecule has 0 saturated heterocycles. The number of hydrogen-bond acceptors (Lipinski definition) is 3. The Morgan fingerprint density at radius 1 is 1.39 bits per heavy atom. The zero-order valence-corrected chi connectivity index (χ0v) is 14.5. The van der Waals surface area contributed by atoms with E-state index in [0.29, 0.717) is 6.04 Å². The molecule has 0 aromatic carbocycles. The van der Waals surface area contributed by atoms with Gasteiger partial charge in [0.05, 0.1) is 0 Å². The monoisotopic (exact) mass is 332 g/mol. The number of thiophene rings is 1. The van der Waals surface area contributed by atoms with Crippen molar-refractivity contribution in [1.82, 2.24) is 10.2 Å². The molecule has 0 aliphatic carbocycles. The lowest BCUT2D eigenvalue weighted by Crippen LogP contribution is -2.38. The van der Waals surface area contributed by atoms with Gasteiger partial charge in [0.25, 0.3) is 0 Å². The first kappa shape index (κ1) is 16.2. The molecule has 1 rings (SSSR count). The summed E-state index contributed by atoms with van der Waals surface area (Å²) in [5, 5.41) is 3.69. The molecular formula is C14H25BrN2S.